The molecule has 0 spiro atoms. The Bertz CT molecular complexity index is 1050. The minimum absolute atomic E-state index is 0.914. The van der Waals surface area contributed by atoms with E-state index in [-0.39, 0.29) is 0 Å². The van der Waals surface area contributed by atoms with Gasteiger partial charge in [-0.15, -0.1) is 0 Å². The smallest absolute Gasteiger partial charge is 0.0585 e. The molecular weight excluding hydrogens is 328 g/mol. The second-order valence-electron chi connectivity index (χ2n) is 7.18. The third-order valence-corrected chi connectivity index (χ3v) is 5.38. The summed E-state index contributed by atoms with van der Waals surface area (Å²) >= 11 is 0. The lowest BCUT2D eigenvalue weighted by molar-refractivity contribution is 0.735. The molecule has 0 radical (unpaired) electrons. The summed E-state index contributed by atoms with van der Waals surface area (Å²) in [4.78, 5) is 2.49. The molecule has 0 fully saturated rings. The second kappa shape index (κ2) is 6.81. The van der Waals surface area contributed by atoms with E-state index >= 15 is 0 Å². The van der Waals surface area contributed by atoms with Gasteiger partial charge < -0.3 is 9.47 Å². The fraction of sp³-hybridized carbons (Fsp3) is 0.120. The van der Waals surface area contributed by atoms with Crippen LogP contribution in [0.4, 0.5) is 5.69 Å². The van der Waals surface area contributed by atoms with E-state index in [1.807, 2.05) is 0 Å². The molecule has 0 N–H and O–H groups in total. The van der Waals surface area contributed by atoms with Crippen LogP contribution in [-0.2, 0) is 19.6 Å². The minimum atomic E-state index is 0.914. The Hall–Kier alpha value is -3.26. The molecule has 1 aromatic heterocycles. The number of benzene rings is 3. The summed E-state index contributed by atoms with van der Waals surface area (Å²) in [6.45, 7) is 2.80. The van der Waals surface area contributed by atoms with E-state index in [4.69, 9.17) is 0 Å². The van der Waals surface area contributed by atoms with Crippen LogP contribution in [-0.4, -0.2) is 4.57 Å². The van der Waals surface area contributed by atoms with Crippen molar-refractivity contribution in [2.75, 3.05) is 4.90 Å². The Morgan fingerprint density at radius 2 is 1.37 bits per heavy atom. The summed E-state index contributed by atoms with van der Waals surface area (Å²) in [5.41, 5.74) is 7.96. The lowest BCUT2D eigenvalue weighted by Gasteiger charge is -2.25. The topological polar surface area (TPSA) is 8.17 Å². The van der Waals surface area contributed by atoms with Crippen molar-refractivity contribution < 1.29 is 0 Å². The molecule has 2 heteroatoms. The SMILES string of the molecule is c1ccc(-c2ccc(CN3Cc4cccn4Cc4ccccc43)cc2)cc1. The maximum atomic E-state index is 2.49. The first-order valence-electron chi connectivity index (χ1n) is 9.48. The summed E-state index contributed by atoms with van der Waals surface area (Å²) in [6.07, 6.45) is 2.18. The van der Waals surface area contributed by atoms with Gasteiger partial charge in [0.1, 0.15) is 0 Å². The van der Waals surface area contributed by atoms with Gasteiger partial charge in [0.05, 0.1) is 6.54 Å². The highest BCUT2D eigenvalue weighted by molar-refractivity contribution is 5.63. The highest BCUT2D eigenvalue weighted by atomic mass is 15.2. The van der Waals surface area contributed by atoms with Crippen LogP contribution in [0.1, 0.15) is 16.8 Å². The van der Waals surface area contributed by atoms with Crippen LogP contribution in [0.3, 0.4) is 0 Å². The van der Waals surface area contributed by atoms with Crippen molar-refractivity contribution in [1.29, 1.82) is 0 Å². The van der Waals surface area contributed by atoms with Crippen molar-refractivity contribution in [3.63, 3.8) is 0 Å². The summed E-state index contributed by atoms with van der Waals surface area (Å²) in [5.74, 6) is 0. The highest BCUT2D eigenvalue weighted by Gasteiger charge is 2.18. The van der Waals surface area contributed by atoms with Gasteiger partial charge in [-0.05, 0) is 40.5 Å². The summed E-state index contributed by atoms with van der Waals surface area (Å²) in [6, 6.07) is 32.7. The number of anilines is 1. The number of para-hydroxylation sites is 1. The van der Waals surface area contributed by atoms with E-state index in [1.54, 1.807) is 0 Å². The molecule has 4 aromatic rings. The Labute approximate surface area is 160 Å². The van der Waals surface area contributed by atoms with Crippen molar-refractivity contribution in [1.82, 2.24) is 4.57 Å². The molecule has 0 unspecified atom stereocenters. The maximum absolute atomic E-state index is 2.49. The Kier molecular flexibility index (Phi) is 4.02. The first kappa shape index (κ1) is 16.0. The number of hydrogen-bond acceptors (Lipinski definition) is 1. The Morgan fingerprint density at radius 1 is 0.630 bits per heavy atom. The van der Waals surface area contributed by atoms with Gasteiger partial charge in [-0.2, -0.15) is 0 Å². The van der Waals surface area contributed by atoms with E-state index in [9.17, 15) is 0 Å². The fourth-order valence-corrected chi connectivity index (χ4v) is 3.96. The minimum Gasteiger partial charge on any atom is -0.361 e. The molecule has 0 atom stereocenters. The van der Waals surface area contributed by atoms with Gasteiger partial charge in [-0.25, -0.2) is 0 Å². The monoisotopic (exact) mass is 350 g/mol. The molecule has 2 heterocycles. The van der Waals surface area contributed by atoms with Crippen molar-refractivity contribution in [2.45, 2.75) is 19.6 Å². The predicted molar refractivity (Wildman–Crippen MR) is 112 cm³/mol. The average Bonchev–Trinajstić information content (AvgIpc) is 3.10. The molecule has 27 heavy (non-hydrogen) atoms. The molecule has 0 aliphatic carbocycles. The maximum Gasteiger partial charge on any atom is 0.0585 e. The van der Waals surface area contributed by atoms with Crippen molar-refractivity contribution >= 4 is 5.69 Å². The fourth-order valence-electron chi connectivity index (χ4n) is 3.96. The predicted octanol–water partition coefficient (Wildman–Crippen LogP) is 5.72. The molecule has 0 bridgehead atoms. The van der Waals surface area contributed by atoms with Gasteiger partial charge in [-0.3, -0.25) is 0 Å². The first-order chi connectivity index (χ1) is 13.4. The zero-order valence-electron chi connectivity index (χ0n) is 15.3. The van der Waals surface area contributed by atoms with E-state index < -0.39 is 0 Å². The molecule has 1 aliphatic heterocycles. The van der Waals surface area contributed by atoms with Gasteiger partial charge in [-0.1, -0.05) is 72.8 Å². The zero-order chi connectivity index (χ0) is 18.1. The Morgan fingerprint density at radius 3 is 2.22 bits per heavy atom. The van der Waals surface area contributed by atoms with Crippen LogP contribution < -0.4 is 4.90 Å². The molecule has 3 aromatic carbocycles. The highest BCUT2D eigenvalue weighted by Crippen LogP contribution is 2.29. The molecule has 5 rings (SSSR count). The van der Waals surface area contributed by atoms with Gasteiger partial charge >= 0.3 is 0 Å². The third-order valence-electron chi connectivity index (χ3n) is 5.38. The summed E-state index contributed by atoms with van der Waals surface area (Å²) in [5, 5.41) is 0. The molecule has 2 nitrogen and oxygen atoms in total. The van der Waals surface area contributed by atoms with Gasteiger partial charge in [0.15, 0.2) is 0 Å². The molecule has 1 aliphatic rings. The molecular formula is C25H22N2. The van der Waals surface area contributed by atoms with Crippen molar-refractivity contribution in [2.24, 2.45) is 0 Å². The third kappa shape index (κ3) is 3.15. The quantitative estimate of drug-likeness (QED) is 0.458. The lowest BCUT2D eigenvalue weighted by Crippen LogP contribution is -2.22. The molecule has 0 saturated heterocycles. The van der Waals surface area contributed by atoms with Crippen LogP contribution in [0.15, 0.2) is 97.2 Å². The molecule has 0 saturated carbocycles. The standard InChI is InChI=1S/C25H22N2/c1-2-7-21(8-3-1)22-14-12-20(13-15-22)17-27-19-24-10-6-16-26(24)18-23-9-4-5-11-25(23)27/h1-16H,17-19H2. The number of rotatable bonds is 3. The number of aromatic nitrogens is 1. The van der Waals surface area contributed by atoms with E-state index in [1.165, 1.54) is 33.6 Å². The van der Waals surface area contributed by atoms with Crippen LogP contribution in [0, 0.1) is 0 Å². The number of fused-ring (bicyclic) bond motifs is 2. The van der Waals surface area contributed by atoms with Crippen LogP contribution in [0.25, 0.3) is 11.1 Å². The van der Waals surface area contributed by atoms with E-state index in [0.717, 1.165) is 19.6 Å². The zero-order valence-corrected chi connectivity index (χ0v) is 15.3. The summed E-state index contributed by atoms with van der Waals surface area (Å²) < 4.78 is 2.36. The number of nitrogens with zero attached hydrogens (tertiary/aromatic N) is 2. The van der Waals surface area contributed by atoms with E-state index in [2.05, 4.69) is 107 Å². The molecule has 132 valence electrons. The average molecular weight is 350 g/mol. The lowest BCUT2D eigenvalue weighted by atomic mass is 10.0. The number of hydrogen-bond donors (Lipinski definition) is 0. The van der Waals surface area contributed by atoms with Gasteiger partial charge in [0.2, 0.25) is 0 Å². The van der Waals surface area contributed by atoms with Crippen LogP contribution >= 0.6 is 0 Å². The second-order valence-corrected chi connectivity index (χ2v) is 7.18. The first-order valence-corrected chi connectivity index (χ1v) is 9.48. The largest absolute Gasteiger partial charge is 0.361 e. The summed E-state index contributed by atoms with van der Waals surface area (Å²) in [7, 11) is 0. The van der Waals surface area contributed by atoms with Gasteiger partial charge in [0.25, 0.3) is 0 Å². The Balaban J connectivity index is 1.44. The van der Waals surface area contributed by atoms with Crippen LogP contribution in [0.5, 0.6) is 0 Å². The molecule has 0 amide bonds. The van der Waals surface area contributed by atoms with Crippen molar-refractivity contribution in [3.8, 4) is 11.1 Å². The van der Waals surface area contributed by atoms with Gasteiger partial charge in [0, 0.05) is 30.7 Å². The van der Waals surface area contributed by atoms with Crippen LogP contribution in [0.2, 0.25) is 0 Å². The normalized spacial score (nSPS) is 13.0. The van der Waals surface area contributed by atoms with Crippen molar-refractivity contribution in [3.05, 3.63) is 114 Å². The van der Waals surface area contributed by atoms with E-state index in [0.29, 0.717) is 0 Å².